The fourth-order valence-corrected chi connectivity index (χ4v) is 2.49. The van der Waals surface area contributed by atoms with E-state index in [9.17, 15) is 17.8 Å². The third-order valence-electron chi connectivity index (χ3n) is 3.03. The van der Waals surface area contributed by atoms with Crippen molar-refractivity contribution in [2.24, 2.45) is 0 Å². The molecular weight excluding hydrogens is 294 g/mol. The van der Waals surface area contributed by atoms with Crippen LogP contribution in [0.15, 0.2) is 12.2 Å². The van der Waals surface area contributed by atoms with Crippen LogP contribution in [0.4, 0.5) is 0 Å². The van der Waals surface area contributed by atoms with Gasteiger partial charge in [0.1, 0.15) is 0 Å². The average Bonchev–Trinajstić information content (AvgIpc) is 2.36. The molecule has 21 heavy (non-hydrogen) atoms. The monoisotopic (exact) mass is 321 g/mol. The molecule has 0 aromatic rings. The zero-order valence-electron chi connectivity index (χ0n) is 13.0. The van der Waals surface area contributed by atoms with Crippen LogP contribution < -0.4 is 4.90 Å². The van der Waals surface area contributed by atoms with Crippen LogP contribution in [0, 0.1) is 0 Å². The minimum absolute atomic E-state index is 0.295. The van der Waals surface area contributed by atoms with Gasteiger partial charge in [0.05, 0.1) is 36.4 Å². The fraction of sp³-hybridized carbons (Fsp3) is 0.786. The number of hydrogen-bond acceptors (Lipinski definition) is 5. The van der Waals surface area contributed by atoms with E-state index in [1.54, 1.807) is 6.92 Å². The molecule has 0 amide bonds. The highest BCUT2D eigenvalue weighted by atomic mass is 32.2. The Morgan fingerprint density at radius 3 is 2.33 bits per heavy atom. The quantitative estimate of drug-likeness (QED) is 0.239. The molecule has 6 nitrogen and oxygen atoms in total. The van der Waals surface area contributed by atoms with Gasteiger partial charge in [0.25, 0.3) is 0 Å². The van der Waals surface area contributed by atoms with Crippen LogP contribution in [0.2, 0.25) is 0 Å². The Morgan fingerprint density at radius 2 is 1.81 bits per heavy atom. The fourth-order valence-electron chi connectivity index (χ4n) is 1.99. The smallest absolute Gasteiger partial charge is 0.333 e. The molecule has 0 spiro atoms. The number of esters is 1. The molecule has 0 aliphatic rings. The maximum Gasteiger partial charge on any atom is 0.333 e. The van der Waals surface area contributed by atoms with Gasteiger partial charge >= 0.3 is 5.97 Å². The summed E-state index contributed by atoms with van der Waals surface area (Å²) in [5, 5.41) is 0. The Bertz CT molecular complexity index is 419. The highest BCUT2D eigenvalue weighted by molar-refractivity contribution is 7.85. The summed E-state index contributed by atoms with van der Waals surface area (Å²) in [5.41, 5.74) is 0.395. The third kappa shape index (κ3) is 12.5. The van der Waals surface area contributed by atoms with Crippen LogP contribution in [-0.2, 0) is 19.6 Å². The number of ether oxygens (including phenoxy) is 1. The summed E-state index contributed by atoms with van der Waals surface area (Å²) in [5.74, 6) is -0.662. The Hall–Kier alpha value is -0.920. The van der Waals surface area contributed by atoms with Gasteiger partial charge in [-0.25, -0.2) is 13.2 Å². The van der Waals surface area contributed by atoms with E-state index in [2.05, 4.69) is 13.5 Å². The summed E-state index contributed by atoms with van der Waals surface area (Å²) >= 11 is 0. The highest BCUT2D eigenvalue weighted by Gasteiger charge is 2.09. The number of hydrogen-bond donors (Lipinski definition) is 1. The molecule has 1 N–H and O–H groups in total. The number of carbonyl (C=O) groups excluding carboxylic acids is 1. The van der Waals surface area contributed by atoms with E-state index in [-0.39, 0.29) is 11.7 Å². The second-order valence-electron chi connectivity index (χ2n) is 5.24. The molecule has 7 heteroatoms. The lowest BCUT2D eigenvalue weighted by Gasteiger charge is -2.19. The van der Waals surface area contributed by atoms with Crippen molar-refractivity contribution in [3.8, 4) is 0 Å². The minimum Gasteiger partial charge on any atom is -0.748 e. The maximum absolute atomic E-state index is 11.2. The lowest BCUT2D eigenvalue weighted by Crippen LogP contribution is -3.12. The first-order valence-electron chi connectivity index (χ1n) is 7.36. The molecule has 0 aromatic heterocycles. The van der Waals surface area contributed by atoms with Gasteiger partial charge in [-0.05, 0) is 26.2 Å². The lowest BCUT2D eigenvalue weighted by molar-refractivity contribution is -0.900. The van der Waals surface area contributed by atoms with Crippen LogP contribution in [0.1, 0.15) is 39.5 Å². The van der Waals surface area contributed by atoms with Crippen molar-refractivity contribution in [3.05, 3.63) is 12.2 Å². The molecule has 0 aliphatic carbocycles. The summed E-state index contributed by atoms with van der Waals surface area (Å²) in [6, 6.07) is 0. The molecule has 0 aromatic carbocycles. The topological polar surface area (TPSA) is 87.9 Å². The summed E-state index contributed by atoms with van der Waals surface area (Å²) in [6.45, 7) is 10.1. The Labute approximate surface area is 127 Å². The van der Waals surface area contributed by atoms with Gasteiger partial charge in [0.15, 0.2) is 0 Å². The number of carbonyl (C=O) groups is 1. The van der Waals surface area contributed by atoms with Gasteiger partial charge in [-0.2, -0.15) is 0 Å². The van der Waals surface area contributed by atoms with E-state index in [0.29, 0.717) is 25.1 Å². The number of nitrogens with one attached hydrogen (secondary N) is 1. The normalized spacial score (nSPS) is 12.9. The lowest BCUT2D eigenvalue weighted by atomic mass is 10.2. The molecule has 1 unspecified atom stereocenters. The molecule has 0 bridgehead atoms. The molecule has 1 atom stereocenters. The Balaban J connectivity index is 3.83. The van der Waals surface area contributed by atoms with Crippen LogP contribution >= 0.6 is 0 Å². The van der Waals surface area contributed by atoms with Crippen molar-refractivity contribution in [2.45, 2.75) is 39.5 Å². The van der Waals surface area contributed by atoms with Crippen molar-refractivity contribution in [3.63, 3.8) is 0 Å². The number of rotatable bonds is 12. The molecule has 124 valence electrons. The van der Waals surface area contributed by atoms with Crippen molar-refractivity contribution < 1.29 is 27.4 Å². The van der Waals surface area contributed by atoms with Crippen LogP contribution in [0.25, 0.3) is 0 Å². The van der Waals surface area contributed by atoms with Gasteiger partial charge in [-0.1, -0.05) is 13.5 Å². The largest absolute Gasteiger partial charge is 0.748 e. The van der Waals surface area contributed by atoms with Gasteiger partial charge in [0.2, 0.25) is 0 Å². The molecular formula is C14H27NO5S. The second kappa shape index (κ2) is 10.8. The molecule has 0 saturated carbocycles. The van der Waals surface area contributed by atoms with Crippen molar-refractivity contribution in [1.29, 1.82) is 0 Å². The summed E-state index contributed by atoms with van der Waals surface area (Å²) in [4.78, 5) is 12.4. The number of unbranched alkanes of at least 4 members (excludes halogenated alkanes) is 1. The van der Waals surface area contributed by atoms with Crippen molar-refractivity contribution in [2.75, 3.05) is 32.0 Å². The van der Waals surface area contributed by atoms with Gasteiger partial charge < -0.3 is 14.2 Å². The molecule has 0 radical (unpaired) electrons. The van der Waals surface area contributed by atoms with E-state index in [1.807, 2.05) is 0 Å². The highest BCUT2D eigenvalue weighted by Crippen LogP contribution is 1.95. The second-order valence-corrected chi connectivity index (χ2v) is 6.76. The zero-order valence-corrected chi connectivity index (χ0v) is 13.8. The molecule has 0 rings (SSSR count). The standard InChI is InChI=1S/C14H27NO5S/c1-4-8-15(10-7-12-21(17,18)19)9-5-6-11-20-14(16)13(2)3/h2,4-12H2,1,3H3,(H,17,18,19). The first-order valence-corrected chi connectivity index (χ1v) is 8.93. The molecule has 0 saturated heterocycles. The van der Waals surface area contributed by atoms with Crippen molar-refractivity contribution in [1.82, 2.24) is 0 Å². The first-order chi connectivity index (χ1) is 9.76. The van der Waals surface area contributed by atoms with Crippen LogP contribution in [0.5, 0.6) is 0 Å². The Kier molecular flexibility index (Phi) is 10.3. The summed E-state index contributed by atoms with van der Waals surface area (Å²) in [7, 11) is -4.11. The predicted octanol–water partition coefficient (Wildman–Crippen LogP) is 0.116. The van der Waals surface area contributed by atoms with E-state index in [4.69, 9.17) is 4.74 Å². The van der Waals surface area contributed by atoms with E-state index < -0.39 is 10.1 Å². The van der Waals surface area contributed by atoms with Gasteiger partial charge in [0, 0.05) is 17.7 Å². The summed E-state index contributed by atoms with van der Waals surface area (Å²) < 4.78 is 36.7. The SMILES string of the molecule is C=C(C)C(=O)OCCCC[NH+](CCC)CCCS(=O)(=O)[O-]. The maximum atomic E-state index is 11.2. The Morgan fingerprint density at radius 1 is 1.19 bits per heavy atom. The zero-order chi connectivity index (χ0) is 16.3. The van der Waals surface area contributed by atoms with Gasteiger partial charge in [-0.3, -0.25) is 0 Å². The minimum atomic E-state index is -4.11. The summed E-state index contributed by atoms with van der Waals surface area (Å²) in [6.07, 6.45) is 3.06. The van der Waals surface area contributed by atoms with Gasteiger partial charge in [-0.15, -0.1) is 0 Å². The third-order valence-corrected chi connectivity index (χ3v) is 3.82. The molecule has 0 fully saturated rings. The van der Waals surface area contributed by atoms with Crippen LogP contribution in [0.3, 0.4) is 0 Å². The first kappa shape index (κ1) is 20.1. The molecule has 0 aliphatic heterocycles. The molecule has 0 heterocycles. The van der Waals surface area contributed by atoms with Crippen LogP contribution in [-0.4, -0.2) is 50.9 Å². The van der Waals surface area contributed by atoms with E-state index in [1.165, 1.54) is 4.90 Å². The van der Waals surface area contributed by atoms with E-state index >= 15 is 0 Å². The van der Waals surface area contributed by atoms with E-state index in [0.717, 1.165) is 32.4 Å². The van der Waals surface area contributed by atoms with Crippen molar-refractivity contribution >= 4 is 16.1 Å². The average molecular weight is 321 g/mol. The predicted molar refractivity (Wildman–Crippen MR) is 80.0 cm³/mol. The number of quaternary nitrogens is 1.